The van der Waals surface area contributed by atoms with Crippen LogP contribution in [0.5, 0.6) is 5.75 Å². The van der Waals surface area contributed by atoms with Crippen molar-refractivity contribution in [2.24, 2.45) is 7.05 Å². The number of thioether (sulfide) groups is 1. The molecule has 146 valence electrons. The van der Waals surface area contributed by atoms with Crippen LogP contribution >= 0.6 is 24.0 Å². The number of nitrogens with zero attached hydrogens (tertiary/aromatic N) is 3. The molecule has 0 aliphatic carbocycles. The van der Waals surface area contributed by atoms with Gasteiger partial charge < -0.3 is 9.30 Å². The lowest BCUT2D eigenvalue weighted by molar-refractivity contribution is -0.113. The Morgan fingerprint density at radius 1 is 1.14 bits per heavy atom. The third-order valence-electron chi connectivity index (χ3n) is 4.55. The van der Waals surface area contributed by atoms with Gasteiger partial charge in [-0.2, -0.15) is 0 Å². The first-order valence-corrected chi connectivity index (χ1v) is 10.3. The average molecular weight is 422 g/mol. The Hall–Kier alpha value is -2.90. The van der Waals surface area contributed by atoms with Crippen molar-refractivity contribution in [3.05, 3.63) is 82.8 Å². The largest absolute Gasteiger partial charge is 0.486 e. The number of benzene rings is 2. The molecule has 0 radical (unpaired) electrons. The van der Waals surface area contributed by atoms with Gasteiger partial charge in [0, 0.05) is 19.4 Å². The first kappa shape index (κ1) is 19.4. The topological polar surface area (TPSA) is 47.4 Å². The number of anilines is 1. The van der Waals surface area contributed by atoms with Crippen LogP contribution in [0.2, 0.25) is 0 Å². The number of carbonyl (C=O) groups is 1. The minimum absolute atomic E-state index is 0.0982. The number of ether oxygens (including phenoxy) is 1. The SMILES string of the molecule is Cc1ccc(N2C(=O)C(=Cc3ccc(OCc4nccn4C)cc3)SC2=S)cc1. The quantitative estimate of drug-likeness (QED) is 0.441. The molecule has 1 amide bonds. The zero-order valence-corrected chi connectivity index (χ0v) is 17.7. The van der Waals surface area contributed by atoms with E-state index in [1.807, 2.05) is 79.3 Å². The highest BCUT2D eigenvalue weighted by Crippen LogP contribution is 2.36. The molecule has 1 aliphatic heterocycles. The molecular formula is C22H19N3O2S2. The minimum atomic E-state index is -0.0982. The summed E-state index contributed by atoms with van der Waals surface area (Å²) in [6.45, 7) is 2.41. The van der Waals surface area contributed by atoms with E-state index in [1.54, 1.807) is 11.1 Å². The number of hydrogen-bond donors (Lipinski definition) is 0. The zero-order chi connectivity index (χ0) is 20.4. The van der Waals surface area contributed by atoms with Crippen molar-refractivity contribution in [1.82, 2.24) is 9.55 Å². The van der Waals surface area contributed by atoms with Crippen LogP contribution in [0.15, 0.2) is 65.8 Å². The Balaban J connectivity index is 1.46. The highest BCUT2D eigenvalue weighted by atomic mass is 32.2. The highest BCUT2D eigenvalue weighted by Gasteiger charge is 2.33. The Kier molecular flexibility index (Phi) is 5.51. The molecule has 2 aromatic carbocycles. The number of aryl methyl sites for hydroxylation is 2. The summed E-state index contributed by atoms with van der Waals surface area (Å²) >= 11 is 6.75. The summed E-state index contributed by atoms with van der Waals surface area (Å²) in [5, 5.41) is 0. The number of amides is 1. The number of rotatable bonds is 5. The maximum Gasteiger partial charge on any atom is 0.270 e. The van der Waals surface area contributed by atoms with E-state index in [-0.39, 0.29) is 5.91 Å². The molecular weight excluding hydrogens is 402 g/mol. The van der Waals surface area contributed by atoms with E-state index in [1.165, 1.54) is 11.8 Å². The van der Waals surface area contributed by atoms with Gasteiger partial charge in [0.1, 0.15) is 18.2 Å². The van der Waals surface area contributed by atoms with Gasteiger partial charge in [0.05, 0.1) is 10.6 Å². The van der Waals surface area contributed by atoms with E-state index >= 15 is 0 Å². The predicted octanol–water partition coefficient (Wildman–Crippen LogP) is 4.71. The maximum atomic E-state index is 12.9. The van der Waals surface area contributed by atoms with E-state index in [0.29, 0.717) is 15.8 Å². The van der Waals surface area contributed by atoms with Crippen molar-refractivity contribution in [2.75, 3.05) is 4.90 Å². The fraction of sp³-hybridized carbons (Fsp3) is 0.136. The molecule has 0 bridgehead atoms. The van der Waals surface area contributed by atoms with Crippen LogP contribution in [0.1, 0.15) is 17.0 Å². The summed E-state index contributed by atoms with van der Waals surface area (Å²) in [6.07, 6.45) is 5.49. The predicted molar refractivity (Wildman–Crippen MR) is 121 cm³/mol. The molecule has 2 heterocycles. The van der Waals surface area contributed by atoms with E-state index in [4.69, 9.17) is 17.0 Å². The average Bonchev–Trinajstić information content (AvgIpc) is 3.24. The Morgan fingerprint density at radius 3 is 2.52 bits per heavy atom. The molecule has 1 fully saturated rings. The van der Waals surface area contributed by atoms with Crippen LogP contribution < -0.4 is 9.64 Å². The molecule has 0 saturated carbocycles. The van der Waals surface area contributed by atoms with Crippen molar-refractivity contribution < 1.29 is 9.53 Å². The van der Waals surface area contributed by atoms with Crippen molar-refractivity contribution >= 4 is 46.0 Å². The Morgan fingerprint density at radius 2 is 1.86 bits per heavy atom. The molecule has 3 aromatic rings. The fourth-order valence-electron chi connectivity index (χ4n) is 2.88. The third kappa shape index (κ3) is 4.26. The fourth-order valence-corrected chi connectivity index (χ4v) is 4.18. The number of carbonyl (C=O) groups excluding carboxylic acids is 1. The number of aromatic nitrogens is 2. The lowest BCUT2D eigenvalue weighted by Gasteiger charge is -2.14. The van der Waals surface area contributed by atoms with Gasteiger partial charge in [-0.3, -0.25) is 9.69 Å². The molecule has 0 spiro atoms. The van der Waals surface area contributed by atoms with Crippen LogP contribution in [-0.4, -0.2) is 19.8 Å². The second kappa shape index (κ2) is 8.23. The summed E-state index contributed by atoms with van der Waals surface area (Å²) in [5.41, 5.74) is 2.85. The second-order valence-electron chi connectivity index (χ2n) is 6.66. The molecule has 0 N–H and O–H groups in total. The lowest BCUT2D eigenvalue weighted by atomic mass is 10.2. The number of imidazole rings is 1. The van der Waals surface area contributed by atoms with Crippen molar-refractivity contribution in [3.8, 4) is 5.75 Å². The van der Waals surface area contributed by atoms with Gasteiger partial charge in [0.15, 0.2) is 4.32 Å². The normalized spacial score (nSPS) is 15.4. The summed E-state index contributed by atoms with van der Waals surface area (Å²) < 4.78 is 8.24. The Labute approximate surface area is 179 Å². The van der Waals surface area contributed by atoms with Crippen molar-refractivity contribution in [2.45, 2.75) is 13.5 Å². The van der Waals surface area contributed by atoms with Crippen LogP contribution in [0.3, 0.4) is 0 Å². The van der Waals surface area contributed by atoms with Crippen molar-refractivity contribution in [3.63, 3.8) is 0 Å². The summed E-state index contributed by atoms with van der Waals surface area (Å²) in [5.74, 6) is 1.50. The van der Waals surface area contributed by atoms with Crippen molar-refractivity contribution in [1.29, 1.82) is 0 Å². The maximum absolute atomic E-state index is 12.9. The standard InChI is InChI=1S/C22H19N3O2S2/c1-15-3-7-17(8-4-15)25-21(26)19(29-22(25)28)13-16-5-9-18(10-6-16)27-14-20-23-11-12-24(20)2/h3-13H,14H2,1-2H3. The van der Waals surface area contributed by atoms with Crippen LogP contribution in [0.25, 0.3) is 6.08 Å². The number of hydrogen-bond acceptors (Lipinski definition) is 5. The van der Waals surface area contributed by atoms with Crippen LogP contribution in [-0.2, 0) is 18.4 Å². The molecule has 0 unspecified atom stereocenters. The number of thiocarbonyl (C=S) groups is 1. The smallest absolute Gasteiger partial charge is 0.270 e. The lowest BCUT2D eigenvalue weighted by Crippen LogP contribution is -2.27. The molecule has 4 rings (SSSR count). The van der Waals surface area contributed by atoms with Gasteiger partial charge in [0.2, 0.25) is 0 Å². The van der Waals surface area contributed by atoms with Gasteiger partial charge in [-0.15, -0.1) is 0 Å². The summed E-state index contributed by atoms with van der Waals surface area (Å²) in [7, 11) is 1.93. The molecule has 1 aliphatic rings. The van der Waals surface area contributed by atoms with Crippen LogP contribution in [0, 0.1) is 6.92 Å². The van der Waals surface area contributed by atoms with E-state index in [0.717, 1.165) is 28.4 Å². The molecule has 1 aromatic heterocycles. The highest BCUT2D eigenvalue weighted by molar-refractivity contribution is 8.27. The van der Waals surface area contributed by atoms with Crippen LogP contribution in [0.4, 0.5) is 5.69 Å². The first-order valence-electron chi connectivity index (χ1n) is 9.05. The monoisotopic (exact) mass is 421 g/mol. The summed E-state index contributed by atoms with van der Waals surface area (Å²) in [4.78, 5) is 19.3. The van der Waals surface area contributed by atoms with E-state index in [9.17, 15) is 4.79 Å². The first-order chi connectivity index (χ1) is 14.0. The second-order valence-corrected chi connectivity index (χ2v) is 8.34. The Bertz CT molecular complexity index is 1090. The summed E-state index contributed by atoms with van der Waals surface area (Å²) in [6, 6.07) is 15.4. The molecule has 29 heavy (non-hydrogen) atoms. The molecule has 5 nitrogen and oxygen atoms in total. The molecule has 1 saturated heterocycles. The molecule has 7 heteroatoms. The van der Waals surface area contributed by atoms with Gasteiger partial charge in [0.25, 0.3) is 5.91 Å². The van der Waals surface area contributed by atoms with Gasteiger partial charge >= 0.3 is 0 Å². The minimum Gasteiger partial charge on any atom is -0.486 e. The van der Waals surface area contributed by atoms with Gasteiger partial charge in [-0.25, -0.2) is 4.98 Å². The van der Waals surface area contributed by atoms with Gasteiger partial charge in [-0.1, -0.05) is 53.8 Å². The van der Waals surface area contributed by atoms with Gasteiger partial charge in [-0.05, 0) is 42.8 Å². The zero-order valence-electron chi connectivity index (χ0n) is 16.0. The third-order valence-corrected chi connectivity index (χ3v) is 5.85. The van der Waals surface area contributed by atoms with E-state index in [2.05, 4.69) is 4.98 Å². The molecule has 0 atom stereocenters. The van der Waals surface area contributed by atoms with E-state index < -0.39 is 0 Å².